The molecule has 0 spiro atoms. The minimum absolute atomic E-state index is 0.233. The van der Waals surface area contributed by atoms with Gasteiger partial charge in [0.2, 0.25) is 0 Å². The van der Waals surface area contributed by atoms with Crippen molar-refractivity contribution in [2.45, 2.75) is 40.5 Å². The molecule has 0 aliphatic rings. The first-order valence-electron chi connectivity index (χ1n) is 5.45. The van der Waals surface area contributed by atoms with Crippen molar-refractivity contribution in [3.05, 3.63) is 12.2 Å². The van der Waals surface area contributed by atoms with E-state index in [2.05, 4.69) is 20.8 Å². The van der Waals surface area contributed by atoms with E-state index >= 15 is 0 Å². The normalized spacial score (nSPS) is 15.4. The van der Waals surface area contributed by atoms with E-state index in [-0.39, 0.29) is 5.97 Å². The topological polar surface area (TPSA) is 26.3 Å². The van der Waals surface area contributed by atoms with Crippen molar-refractivity contribution in [3.63, 3.8) is 0 Å². The summed E-state index contributed by atoms with van der Waals surface area (Å²) in [6.07, 6.45) is 5.80. The molecule has 2 nitrogen and oxygen atoms in total. The van der Waals surface area contributed by atoms with Crippen LogP contribution in [0.25, 0.3) is 0 Å². The lowest BCUT2D eigenvalue weighted by Gasteiger charge is -2.11. The Morgan fingerprint density at radius 3 is 2.50 bits per heavy atom. The third-order valence-electron chi connectivity index (χ3n) is 2.32. The maximum Gasteiger partial charge on any atom is 0.330 e. The van der Waals surface area contributed by atoms with Crippen molar-refractivity contribution < 1.29 is 9.53 Å². The largest absolute Gasteiger partial charge is 0.463 e. The molecule has 0 amide bonds. The molecule has 2 atom stereocenters. The van der Waals surface area contributed by atoms with Gasteiger partial charge in [0.05, 0.1) is 6.61 Å². The van der Waals surface area contributed by atoms with Gasteiger partial charge < -0.3 is 4.74 Å². The van der Waals surface area contributed by atoms with Crippen LogP contribution >= 0.6 is 0 Å². The van der Waals surface area contributed by atoms with Crippen LogP contribution in [0, 0.1) is 11.8 Å². The van der Waals surface area contributed by atoms with Crippen molar-refractivity contribution in [1.29, 1.82) is 0 Å². The van der Waals surface area contributed by atoms with Crippen molar-refractivity contribution >= 4 is 5.97 Å². The Kier molecular flexibility index (Phi) is 7.17. The second-order valence-electron chi connectivity index (χ2n) is 3.84. The van der Waals surface area contributed by atoms with Gasteiger partial charge in [-0.2, -0.15) is 0 Å². The summed E-state index contributed by atoms with van der Waals surface area (Å²) in [5.74, 6) is 0.940. The first-order valence-corrected chi connectivity index (χ1v) is 5.45. The first kappa shape index (κ1) is 13.2. The third kappa shape index (κ3) is 6.70. The average molecular weight is 198 g/mol. The summed E-state index contributed by atoms with van der Waals surface area (Å²) in [5.41, 5.74) is 0. The quantitative estimate of drug-likeness (QED) is 0.484. The zero-order valence-corrected chi connectivity index (χ0v) is 9.75. The molecular formula is C12H22O2. The molecule has 0 rings (SSSR count). The lowest BCUT2D eigenvalue weighted by Crippen LogP contribution is -2.02. The van der Waals surface area contributed by atoms with Crippen molar-refractivity contribution in [1.82, 2.24) is 0 Å². The van der Waals surface area contributed by atoms with Crippen LogP contribution in [0.2, 0.25) is 0 Å². The van der Waals surface area contributed by atoms with E-state index in [1.165, 1.54) is 12.5 Å². The van der Waals surface area contributed by atoms with E-state index in [4.69, 9.17) is 4.74 Å². The molecule has 0 aromatic rings. The highest BCUT2D eigenvalue weighted by atomic mass is 16.5. The number of carbonyl (C=O) groups excluding carboxylic acids is 1. The van der Waals surface area contributed by atoms with Crippen LogP contribution in [0.4, 0.5) is 0 Å². The van der Waals surface area contributed by atoms with Crippen molar-refractivity contribution in [2.24, 2.45) is 11.8 Å². The van der Waals surface area contributed by atoms with Gasteiger partial charge in [-0.25, -0.2) is 4.79 Å². The summed E-state index contributed by atoms with van der Waals surface area (Å²) in [6.45, 7) is 8.81. The van der Waals surface area contributed by atoms with Crippen LogP contribution in [0.15, 0.2) is 12.2 Å². The lowest BCUT2D eigenvalue weighted by molar-refractivity contribution is -0.137. The minimum atomic E-state index is -0.233. The Labute approximate surface area is 87.3 Å². The van der Waals surface area contributed by atoms with Crippen molar-refractivity contribution in [3.8, 4) is 0 Å². The van der Waals surface area contributed by atoms with E-state index in [1.807, 2.05) is 13.0 Å². The number of ether oxygens (including phenoxy) is 1. The van der Waals surface area contributed by atoms with Crippen LogP contribution < -0.4 is 0 Å². The average Bonchev–Trinajstić information content (AvgIpc) is 2.15. The molecule has 0 saturated heterocycles. The van der Waals surface area contributed by atoms with E-state index in [9.17, 15) is 4.79 Å². The van der Waals surface area contributed by atoms with Gasteiger partial charge in [-0.3, -0.25) is 0 Å². The standard InChI is InChI=1S/C12H22O2/c1-5-10(3)9-11(4)7-8-12(13)14-6-2/h7-8,10-11H,5-6,9H2,1-4H3/b8-7+/t10-,11+/m0/s1. The molecule has 0 aliphatic carbocycles. The fourth-order valence-electron chi connectivity index (χ4n) is 1.31. The van der Waals surface area contributed by atoms with E-state index < -0.39 is 0 Å². The summed E-state index contributed by atoms with van der Waals surface area (Å²) >= 11 is 0. The maximum atomic E-state index is 11.0. The molecule has 0 aromatic heterocycles. The zero-order valence-electron chi connectivity index (χ0n) is 9.75. The van der Waals surface area contributed by atoms with Gasteiger partial charge in [-0.1, -0.05) is 33.3 Å². The molecule has 0 heterocycles. The Morgan fingerprint density at radius 1 is 1.36 bits per heavy atom. The molecule has 0 aromatic carbocycles. The van der Waals surface area contributed by atoms with Crippen LogP contribution in [0.5, 0.6) is 0 Å². The van der Waals surface area contributed by atoms with Gasteiger partial charge >= 0.3 is 5.97 Å². The predicted molar refractivity (Wildman–Crippen MR) is 59.0 cm³/mol. The fourth-order valence-corrected chi connectivity index (χ4v) is 1.31. The Morgan fingerprint density at radius 2 is 2.00 bits per heavy atom. The Balaban J connectivity index is 3.80. The van der Waals surface area contributed by atoms with Gasteiger partial charge in [-0.05, 0) is 25.2 Å². The van der Waals surface area contributed by atoms with E-state index in [0.717, 1.165) is 12.3 Å². The van der Waals surface area contributed by atoms with E-state index in [1.54, 1.807) is 0 Å². The van der Waals surface area contributed by atoms with Gasteiger partial charge in [0.1, 0.15) is 0 Å². The van der Waals surface area contributed by atoms with Gasteiger partial charge in [-0.15, -0.1) is 0 Å². The number of hydrogen-bond acceptors (Lipinski definition) is 2. The summed E-state index contributed by atoms with van der Waals surface area (Å²) in [6, 6.07) is 0. The SMILES string of the molecule is CCOC(=O)/C=C/[C@@H](C)C[C@@H](C)CC. The van der Waals surface area contributed by atoms with Gasteiger partial charge in [0.15, 0.2) is 0 Å². The molecule has 0 unspecified atom stereocenters. The number of hydrogen-bond donors (Lipinski definition) is 0. The molecule has 14 heavy (non-hydrogen) atoms. The number of rotatable bonds is 6. The molecule has 82 valence electrons. The highest BCUT2D eigenvalue weighted by molar-refractivity contribution is 5.81. The van der Waals surface area contributed by atoms with E-state index in [0.29, 0.717) is 12.5 Å². The summed E-state index contributed by atoms with van der Waals surface area (Å²) in [7, 11) is 0. The molecule has 0 fully saturated rings. The molecule has 0 N–H and O–H groups in total. The fraction of sp³-hybridized carbons (Fsp3) is 0.750. The lowest BCUT2D eigenvalue weighted by atomic mass is 9.95. The molecule has 2 heteroatoms. The zero-order chi connectivity index (χ0) is 11.0. The smallest absolute Gasteiger partial charge is 0.330 e. The highest BCUT2D eigenvalue weighted by Crippen LogP contribution is 2.15. The Bertz CT molecular complexity index is 185. The monoisotopic (exact) mass is 198 g/mol. The molecule has 0 radical (unpaired) electrons. The van der Waals surface area contributed by atoms with Gasteiger partial charge in [0.25, 0.3) is 0 Å². The Hall–Kier alpha value is -0.790. The molecular weight excluding hydrogens is 176 g/mol. The number of carbonyl (C=O) groups is 1. The summed E-state index contributed by atoms with van der Waals surface area (Å²) in [5, 5.41) is 0. The maximum absolute atomic E-state index is 11.0. The van der Waals surface area contributed by atoms with Crippen molar-refractivity contribution in [2.75, 3.05) is 6.61 Å². The predicted octanol–water partition coefficient (Wildman–Crippen LogP) is 3.18. The third-order valence-corrected chi connectivity index (χ3v) is 2.32. The van der Waals surface area contributed by atoms with Crippen LogP contribution in [0.3, 0.4) is 0 Å². The number of allylic oxidation sites excluding steroid dienone is 1. The molecule has 0 saturated carbocycles. The second-order valence-corrected chi connectivity index (χ2v) is 3.84. The summed E-state index contributed by atoms with van der Waals surface area (Å²) in [4.78, 5) is 11.0. The highest BCUT2D eigenvalue weighted by Gasteiger charge is 2.04. The number of esters is 1. The molecule has 0 aliphatic heterocycles. The van der Waals surface area contributed by atoms with Gasteiger partial charge in [0, 0.05) is 6.08 Å². The second kappa shape index (κ2) is 7.60. The van der Waals surface area contributed by atoms with Crippen LogP contribution in [0.1, 0.15) is 40.5 Å². The van der Waals surface area contributed by atoms with Crippen LogP contribution in [-0.4, -0.2) is 12.6 Å². The van der Waals surface area contributed by atoms with Crippen LogP contribution in [-0.2, 0) is 9.53 Å². The first-order chi connectivity index (χ1) is 6.60. The molecule has 0 bridgehead atoms. The minimum Gasteiger partial charge on any atom is -0.463 e. The summed E-state index contributed by atoms with van der Waals surface area (Å²) < 4.78 is 4.80.